The molecular weight excluding hydrogens is 256 g/mol. The van der Waals surface area contributed by atoms with Gasteiger partial charge in [-0.25, -0.2) is 4.98 Å². The van der Waals surface area contributed by atoms with Crippen molar-refractivity contribution in [2.24, 2.45) is 0 Å². The summed E-state index contributed by atoms with van der Waals surface area (Å²) in [6, 6.07) is 0. The minimum atomic E-state index is -0.0537. The van der Waals surface area contributed by atoms with Gasteiger partial charge < -0.3 is 14.2 Å². The lowest BCUT2D eigenvalue weighted by Crippen LogP contribution is -2.24. The van der Waals surface area contributed by atoms with E-state index in [-0.39, 0.29) is 6.29 Å². The second-order valence-electron chi connectivity index (χ2n) is 5.32. The SMILES string of the molecule is c1nc2c(nc1OCCOC1CCCCO1)CCCC2. The Morgan fingerprint density at radius 2 is 2.00 bits per heavy atom. The summed E-state index contributed by atoms with van der Waals surface area (Å²) >= 11 is 0. The predicted octanol–water partition coefficient (Wildman–Crippen LogP) is 2.28. The molecule has 110 valence electrons. The van der Waals surface area contributed by atoms with Gasteiger partial charge in [0.15, 0.2) is 6.29 Å². The summed E-state index contributed by atoms with van der Waals surface area (Å²) in [6.07, 6.45) is 9.46. The quantitative estimate of drug-likeness (QED) is 0.773. The zero-order valence-electron chi connectivity index (χ0n) is 11.8. The van der Waals surface area contributed by atoms with E-state index in [0.717, 1.165) is 43.7 Å². The molecule has 5 nitrogen and oxygen atoms in total. The van der Waals surface area contributed by atoms with Crippen LogP contribution < -0.4 is 4.74 Å². The van der Waals surface area contributed by atoms with Gasteiger partial charge in [-0.1, -0.05) is 0 Å². The minimum absolute atomic E-state index is 0.0537. The largest absolute Gasteiger partial charge is 0.474 e. The number of aromatic nitrogens is 2. The number of ether oxygens (including phenoxy) is 3. The van der Waals surface area contributed by atoms with E-state index in [1.807, 2.05) is 0 Å². The zero-order chi connectivity index (χ0) is 13.6. The lowest BCUT2D eigenvalue weighted by atomic mass is 10.0. The molecule has 1 fully saturated rings. The number of fused-ring (bicyclic) bond motifs is 1. The maximum Gasteiger partial charge on any atom is 0.232 e. The second kappa shape index (κ2) is 6.99. The summed E-state index contributed by atoms with van der Waals surface area (Å²) in [5.74, 6) is 0.610. The smallest absolute Gasteiger partial charge is 0.232 e. The Hall–Kier alpha value is -1.20. The number of aryl methyl sites for hydroxylation is 2. The molecule has 0 N–H and O–H groups in total. The molecule has 5 heteroatoms. The highest BCUT2D eigenvalue weighted by Gasteiger charge is 2.15. The summed E-state index contributed by atoms with van der Waals surface area (Å²) in [5.41, 5.74) is 2.24. The maximum atomic E-state index is 5.62. The Morgan fingerprint density at radius 3 is 2.85 bits per heavy atom. The number of hydrogen-bond acceptors (Lipinski definition) is 5. The second-order valence-corrected chi connectivity index (χ2v) is 5.32. The van der Waals surface area contributed by atoms with Crippen LogP contribution in [-0.4, -0.2) is 36.1 Å². The standard InChI is InChI=1S/C15H22N2O3/c1-2-6-13-12(5-1)16-11-14(17-13)18-9-10-20-15-7-3-4-8-19-15/h11,15H,1-10H2. The van der Waals surface area contributed by atoms with Crippen molar-refractivity contribution in [3.8, 4) is 5.88 Å². The van der Waals surface area contributed by atoms with Crippen LogP contribution in [0.1, 0.15) is 43.5 Å². The molecule has 0 aromatic carbocycles. The average molecular weight is 278 g/mol. The van der Waals surface area contributed by atoms with Crippen molar-refractivity contribution in [1.82, 2.24) is 9.97 Å². The Balaban J connectivity index is 1.41. The normalized spacial score (nSPS) is 22.3. The summed E-state index contributed by atoms with van der Waals surface area (Å²) in [7, 11) is 0. The van der Waals surface area contributed by atoms with E-state index >= 15 is 0 Å². The van der Waals surface area contributed by atoms with E-state index in [0.29, 0.717) is 19.1 Å². The molecule has 2 aliphatic rings. The topological polar surface area (TPSA) is 53.5 Å². The van der Waals surface area contributed by atoms with Crippen molar-refractivity contribution in [3.05, 3.63) is 17.6 Å². The summed E-state index contributed by atoms with van der Waals surface area (Å²) in [4.78, 5) is 8.96. The maximum absolute atomic E-state index is 5.62. The third-order valence-corrected chi connectivity index (χ3v) is 3.76. The third-order valence-electron chi connectivity index (χ3n) is 3.76. The summed E-state index contributed by atoms with van der Waals surface area (Å²) in [6.45, 7) is 1.83. The first-order chi connectivity index (χ1) is 9.92. The summed E-state index contributed by atoms with van der Waals surface area (Å²) in [5, 5.41) is 0. The third kappa shape index (κ3) is 3.67. The van der Waals surface area contributed by atoms with Crippen LogP contribution in [-0.2, 0) is 22.3 Å². The predicted molar refractivity (Wildman–Crippen MR) is 73.7 cm³/mol. The molecule has 0 amide bonds. The highest BCUT2D eigenvalue weighted by Crippen LogP contribution is 2.19. The first kappa shape index (κ1) is 13.8. The Morgan fingerprint density at radius 1 is 1.10 bits per heavy atom. The van der Waals surface area contributed by atoms with Crippen LogP contribution in [0.2, 0.25) is 0 Å². The first-order valence-electron chi connectivity index (χ1n) is 7.62. The van der Waals surface area contributed by atoms with E-state index in [4.69, 9.17) is 14.2 Å². The first-order valence-corrected chi connectivity index (χ1v) is 7.62. The van der Waals surface area contributed by atoms with Crippen LogP contribution in [0.15, 0.2) is 6.20 Å². The van der Waals surface area contributed by atoms with Crippen molar-refractivity contribution in [3.63, 3.8) is 0 Å². The molecule has 1 aromatic rings. The van der Waals surface area contributed by atoms with Crippen molar-refractivity contribution in [2.75, 3.05) is 19.8 Å². The van der Waals surface area contributed by atoms with Crippen LogP contribution in [0.25, 0.3) is 0 Å². The fourth-order valence-corrected chi connectivity index (χ4v) is 2.67. The molecule has 20 heavy (non-hydrogen) atoms. The fourth-order valence-electron chi connectivity index (χ4n) is 2.67. The van der Waals surface area contributed by atoms with Crippen LogP contribution in [0.4, 0.5) is 0 Å². The van der Waals surface area contributed by atoms with Gasteiger partial charge in [0.1, 0.15) is 6.61 Å². The minimum Gasteiger partial charge on any atom is -0.474 e. The molecule has 2 heterocycles. The zero-order valence-corrected chi connectivity index (χ0v) is 11.8. The molecule has 0 spiro atoms. The molecule has 1 aliphatic heterocycles. The molecule has 1 saturated heterocycles. The van der Waals surface area contributed by atoms with Gasteiger partial charge in [0.25, 0.3) is 0 Å². The van der Waals surface area contributed by atoms with Crippen LogP contribution in [0, 0.1) is 0 Å². The van der Waals surface area contributed by atoms with Crippen molar-refractivity contribution < 1.29 is 14.2 Å². The van der Waals surface area contributed by atoms with Gasteiger partial charge in [-0.15, -0.1) is 0 Å². The van der Waals surface area contributed by atoms with Crippen molar-refractivity contribution in [1.29, 1.82) is 0 Å². The lowest BCUT2D eigenvalue weighted by Gasteiger charge is -2.22. The summed E-state index contributed by atoms with van der Waals surface area (Å²) < 4.78 is 16.7. The fraction of sp³-hybridized carbons (Fsp3) is 0.733. The van der Waals surface area contributed by atoms with Gasteiger partial charge >= 0.3 is 0 Å². The van der Waals surface area contributed by atoms with Crippen LogP contribution in [0.3, 0.4) is 0 Å². The molecule has 1 unspecified atom stereocenters. The van der Waals surface area contributed by atoms with Crippen molar-refractivity contribution >= 4 is 0 Å². The van der Waals surface area contributed by atoms with E-state index in [9.17, 15) is 0 Å². The Bertz CT molecular complexity index is 433. The van der Waals surface area contributed by atoms with Crippen LogP contribution >= 0.6 is 0 Å². The monoisotopic (exact) mass is 278 g/mol. The van der Waals surface area contributed by atoms with Crippen LogP contribution in [0.5, 0.6) is 5.88 Å². The van der Waals surface area contributed by atoms with Gasteiger partial charge in [-0.3, -0.25) is 4.98 Å². The highest BCUT2D eigenvalue weighted by molar-refractivity contribution is 5.19. The van der Waals surface area contributed by atoms with E-state index < -0.39 is 0 Å². The molecule has 3 rings (SSSR count). The van der Waals surface area contributed by atoms with Gasteiger partial charge in [0, 0.05) is 6.61 Å². The van der Waals surface area contributed by atoms with E-state index in [1.54, 1.807) is 6.20 Å². The van der Waals surface area contributed by atoms with Crippen molar-refractivity contribution in [2.45, 2.75) is 51.2 Å². The molecule has 1 aromatic heterocycles. The number of nitrogens with zero attached hydrogens (tertiary/aromatic N) is 2. The van der Waals surface area contributed by atoms with Gasteiger partial charge in [-0.2, -0.15) is 0 Å². The lowest BCUT2D eigenvalue weighted by molar-refractivity contribution is -0.165. The highest BCUT2D eigenvalue weighted by atomic mass is 16.7. The van der Waals surface area contributed by atoms with Gasteiger partial charge in [0.2, 0.25) is 5.88 Å². The van der Waals surface area contributed by atoms with E-state index in [1.165, 1.54) is 19.3 Å². The van der Waals surface area contributed by atoms with E-state index in [2.05, 4.69) is 9.97 Å². The van der Waals surface area contributed by atoms with Gasteiger partial charge in [0.05, 0.1) is 24.2 Å². The average Bonchev–Trinajstić information content (AvgIpc) is 2.52. The van der Waals surface area contributed by atoms with Gasteiger partial charge in [-0.05, 0) is 44.9 Å². The molecule has 0 radical (unpaired) electrons. The number of rotatable bonds is 5. The molecule has 1 atom stereocenters. The number of hydrogen-bond donors (Lipinski definition) is 0. The molecule has 1 aliphatic carbocycles. The Labute approximate surface area is 119 Å². The Kier molecular flexibility index (Phi) is 4.82. The molecule has 0 saturated carbocycles. The molecular formula is C15H22N2O3. The molecule has 0 bridgehead atoms.